The number of fused-ring (bicyclic) bond motifs is 1. The van der Waals surface area contributed by atoms with Crippen molar-refractivity contribution in [3.8, 4) is 0 Å². The Bertz CT molecular complexity index is 755. The molecule has 152 valence electrons. The topological polar surface area (TPSA) is 78.5 Å². The van der Waals surface area contributed by atoms with Gasteiger partial charge in [0.25, 0.3) is 5.91 Å². The summed E-state index contributed by atoms with van der Waals surface area (Å²) in [4.78, 5) is 37.0. The Hall–Kier alpha value is -2.63. The summed E-state index contributed by atoms with van der Waals surface area (Å²) in [5.41, 5.74) is 4.01. The maximum Gasteiger partial charge on any atom is 0.251 e. The molecule has 2 rings (SSSR count). The number of aryl methyl sites for hydroxylation is 1. The first kappa shape index (κ1) is 21.7. The summed E-state index contributed by atoms with van der Waals surface area (Å²) in [7, 11) is 1.69. The highest BCUT2D eigenvalue weighted by atomic mass is 16.2. The molecule has 0 saturated heterocycles. The van der Waals surface area contributed by atoms with E-state index in [1.807, 2.05) is 32.1 Å². The van der Waals surface area contributed by atoms with Gasteiger partial charge in [-0.1, -0.05) is 32.1 Å². The van der Waals surface area contributed by atoms with Crippen LogP contribution < -0.4 is 10.6 Å². The minimum absolute atomic E-state index is 0.0571. The lowest BCUT2D eigenvalue weighted by Crippen LogP contribution is -2.43. The lowest BCUT2D eigenvalue weighted by atomic mass is 9.90. The third-order valence-corrected chi connectivity index (χ3v) is 5.28. The van der Waals surface area contributed by atoms with E-state index in [0.717, 1.165) is 24.9 Å². The van der Waals surface area contributed by atoms with Crippen LogP contribution in [0.1, 0.15) is 44.7 Å². The number of hydrogen-bond acceptors (Lipinski definition) is 3. The van der Waals surface area contributed by atoms with Crippen LogP contribution in [-0.4, -0.2) is 42.8 Å². The van der Waals surface area contributed by atoms with Crippen molar-refractivity contribution in [1.82, 2.24) is 10.2 Å². The van der Waals surface area contributed by atoms with E-state index in [1.54, 1.807) is 18.9 Å². The van der Waals surface area contributed by atoms with Gasteiger partial charge in [0.05, 0.1) is 12.6 Å². The first-order valence-electron chi connectivity index (χ1n) is 9.88. The summed E-state index contributed by atoms with van der Waals surface area (Å²) >= 11 is 0. The van der Waals surface area contributed by atoms with Crippen molar-refractivity contribution >= 4 is 23.9 Å². The zero-order valence-electron chi connectivity index (χ0n) is 17.2. The SMILES string of the molecule is C/C(=C\[C@H](C(C)C)N(C)C(=O)CNC=O)C(=O)Nc1cccc2c1CCCC2. The lowest BCUT2D eigenvalue weighted by Gasteiger charge is -2.29. The van der Waals surface area contributed by atoms with Gasteiger partial charge >= 0.3 is 0 Å². The number of carbonyl (C=O) groups excluding carboxylic acids is 3. The van der Waals surface area contributed by atoms with Crippen LogP contribution >= 0.6 is 0 Å². The molecule has 3 amide bonds. The van der Waals surface area contributed by atoms with Crippen LogP contribution in [0.15, 0.2) is 29.8 Å². The predicted octanol–water partition coefficient (Wildman–Crippen LogP) is 2.68. The molecule has 2 N–H and O–H groups in total. The zero-order chi connectivity index (χ0) is 20.7. The number of benzene rings is 1. The highest BCUT2D eigenvalue weighted by molar-refractivity contribution is 6.04. The summed E-state index contributed by atoms with van der Waals surface area (Å²) in [6.45, 7) is 5.70. The van der Waals surface area contributed by atoms with Gasteiger partial charge in [-0.3, -0.25) is 14.4 Å². The Balaban J connectivity index is 2.14. The van der Waals surface area contributed by atoms with Crippen molar-refractivity contribution < 1.29 is 14.4 Å². The highest BCUT2D eigenvalue weighted by Gasteiger charge is 2.22. The number of carbonyl (C=O) groups is 3. The Morgan fingerprint density at radius 1 is 1.21 bits per heavy atom. The molecule has 0 spiro atoms. The number of amides is 3. The van der Waals surface area contributed by atoms with E-state index in [-0.39, 0.29) is 30.3 Å². The summed E-state index contributed by atoms with van der Waals surface area (Å²) in [5.74, 6) is -0.235. The Kier molecular flexibility index (Phi) is 7.79. The molecule has 6 nitrogen and oxygen atoms in total. The molecule has 0 aliphatic heterocycles. The Morgan fingerprint density at radius 2 is 1.93 bits per heavy atom. The molecule has 0 bridgehead atoms. The molecule has 0 radical (unpaired) electrons. The monoisotopic (exact) mass is 385 g/mol. The quantitative estimate of drug-likeness (QED) is 0.533. The van der Waals surface area contributed by atoms with Gasteiger partial charge in [-0.2, -0.15) is 0 Å². The van der Waals surface area contributed by atoms with Gasteiger partial charge in [0.2, 0.25) is 12.3 Å². The van der Waals surface area contributed by atoms with Crippen molar-refractivity contribution in [2.24, 2.45) is 5.92 Å². The van der Waals surface area contributed by atoms with Crippen LogP contribution in [0.2, 0.25) is 0 Å². The lowest BCUT2D eigenvalue weighted by molar-refractivity contribution is -0.132. The van der Waals surface area contributed by atoms with E-state index in [4.69, 9.17) is 0 Å². The standard InChI is InChI=1S/C22H31N3O3/c1-15(2)20(25(4)21(27)13-23-14-26)12-16(3)22(28)24-19-11-7-9-17-8-5-6-10-18(17)19/h7,9,11-12,14-15,20H,5-6,8,10,13H2,1-4H3,(H,23,26)(H,24,28)/b16-12+/t20-/m1/s1. The summed E-state index contributed by atoms with van der Waals surface area (Å²) in [5, 5.41) is 5.44. The van der Waals surface area contributed by atoms with E-state index >= 15 is 0 Å². The molecular weight excluding hydrogens is 354 g/mol. The van der Waals surface area contributed by atoms with Crippen molar-refractivity contribution in [2.75, 3.05) is 18.9 Å². The van der Waals surface area contributed by atoms with Gasteiger partial charge in [0.15, 0.2) is 0 Å². The minimum atomic E-state index is -0.239. The number of hydrogen-bond donors (Lipinski definition) is 2. The van der Waals surface area contributed by atoms with E-state index in [1.165, 1.54) is 17.5 Å². The second kappa shape index (κ2) is 10.1. The second-order valence-electron chi connectivity index (χ2n) is 7.69. The molecule has 1 atom stereocenters. The first-order valence-corrected chi connectivity index (χ1v) is 9.88. The molecular formula is C22H31N3O3. The fraction of sp³-hybridized carbons (Fsp3) is 0.500. The largest absolute Gasteiger partial charge is 0.350 e. The molecule has 0 aromatic heterocycles. The second-order valence-corrected chi connectivity index (χ2v) is 7.69. The van der Waals surface area contributed by atoms with E-state index in [9.17, 15) is 14.4 Å². The average molecular weight is 386 g/mol. The summed E-state index contributed by atoms with van der Waals surface area (Å²) < 4.78 is 0. The number of likely N-dealkylation sites (N-methyl/N-ethyl adjacent to an activating group) is 1. The van der Waals surface area contributed by atoms with E-state index in [0.29, 0.717) is 12.0 Å². The number of nitrogens with one attached hydrogen (secondary N) is 2. The third-order valence-electron chi connectivity index (χ3n) is 5.28. The van der Waals surface area contributed by atoms with Crippen LogP contribution in [0, 0.1) is 5.92 Å². The van der Waals surface area contributed by atoms with Gasteiger partial charge in [0.1, 0.15) is 0 Å². The molecule has 0 unspecified atom stereocenters. The van der Waals surface area contributed by atoms with Crippen molar-refractivity contribution in [3.63, 3.8) is 0 Å². The number of nitrogens with zero attached hydrogens (tertiary/aromatic N) is 1. The normalized spacial score (nSPS) is 14.8. The van der Waals surface area contributed by atoms with Crippen LogP contribution in [0.3, 0.4) is 0 Å². The maximum atomic E-state index is 12.8. The highest BCUT2D eigenvalue weighted by Crippen LogP contribution is 2.28. The molecule has 0 heterocycles. The van der Waals surface area contributed by atoms with Crippen molar-refractivity contribution in [3.05, 3.63) is 41.0 Å². The Morgan fingerprint density at radius 3 is 2.61 bits per heavy atom. The first-order chi connectivity index (χ1) is 13.3. The minimum Gasteiger partial charge on any atom is -0.350 e. The van der Waals surface area contributed by atoms with Gasteiger partial charge < -0.3 is 15.5 Å². The molecule has 6 heteroatoms. The maximum absolute atomic E-state index is 12.8. The van der Waals surface area contributed by atoms with Crippen molar-refractivity contribution in [1.29, 1.82) is 0 Å². The van der Waals surface area contributed by atoms with Gasteiger partial charge in [-0.05, 0) is 55.7 Å². The molecule has 0 fully saturated rings. The summed E-state index contributed by atoms with van der Waals surface area (Å²) in [6, 6.07) is 5.84. The molecule has 1 aromatic rings. The molecule has 0 saturated carbocycles. The molecule has 28 heavy (non-hydrogen) atoms. The predicted molar refractivity (Wildman–Crippen MR) is 111 cm³/mol. The third kappa shape index (κ3) is 5.44. The smallest absolute Gasteiger partial charge is 0.251 e. The Labute approximate surface area is 167 Å². The van der Waals surface area contributed by atoms with Crippen LogP contribution in [0.25, 0.3) is 0 Å². The van der Waals surface area contributed by atoms with Crippen molar-refractivity contribution in [2.45, 2.75) is 52.5 Å². The molecule has 1 aliphatic rings. The van der Waals surface area contributed by atoms with Gasteiger partial charge in [-0.25, -0.2) is 0 Å². The fourth-order valence-electron chi connectivity index (χ4n) is 3.62. The van der Waals surface area contributed by atoms with E-state index in [2.05, 4.69) is 16.7 Å². The van der Waals surface area contributed by atoms with Gasteiger partial charge in [0, 0.05) is 18.3 Å². The summed E-state index contributed by atoms with van der Waals surface area (Å²) in [6.07, 6.45) is 6.72. The zero-order valence-corrected chi connectivity index (χ0v) is 17.2. The molecule has 1 aliphatic carbocycles. The number of anilines is 1. The van der Waals surface area contributed by atoms with Crippen LogP contribution in [0.5, 0.6) is 0 Å². The fourth-order valence-corrected chi connectivity index (χ4v) is 3.62. The average Bonchev–Trinajstić information content (AvgIpc) is 2.69. The van der Waals surface area contributed by atoms with Crippen LogP contribution in [0.4, 0.5) is 5.69 Å². The molecule has 1 aromatic carbocycles. The van der Waals surface area contributed by atoms with E-state index < -0.39 is 0 Å². The van der Waals surface area contributed by atoms with Crippen LogP contribution in [-0.2, 0) is 27.2 Å². The number of rotatable bonds is 8. The van der Waals surface area contributed by atoms with Gasteiger partial charge in [-0.15, -0.1) is 0 Å².